The Hall–Kier alpha value is -0.0800. The number of aliphatic hydroxyl groups is 2. The summed E-state index contributed by atoms with van der Waals surface area (Å²) < 4.78 is 0. The van der Waals surface area contributed by atoms with Gasteiger partial charge >= 0.3 is 0 Å². The first-order chi connectivity index (χ1) is 7.35. The minimum Gasteiger partial charge on any atom is -0.393 e. The van der Waals surface area contributed by atoms with Gasteiger partial charge in [-0.25, -0.2) is 0 Å². The second-order valence-corrected chi connectivity index (χ2v) is 6.45. The zero-order valence-electron chi connectivity index (χ0n) is 11.2. The molecule has 0 amide bonds. The molecule has 2 N–H and O–H groups in total. The molecule has 0 heterocycles. The molecule has 2 nitrogen and oxygen atoms in total. The Morgan fingerprint density at radius 3 is 2.44 bits per heavy atom. The third-order valence-electron chi connectivity index (χ3n) is 4.20. The number of rotatable bonds is 4. The van der Waals surface area contributed by atoms with Crippen LogP contribution in [0.5, 0.6) is 0 Å². The molecule has 0 radical (unpaired) electrons. The molecule has 96 valence electrons. The Morgan fingerprint density at radius 1 is 1.31 bits per heavy atom. The van der Waals surface area contributed by atoms with Crippen LogP contribution < -0.4 is 0 Å². The predicted octanol–water partition coefficient (Wildman–Crippen LogP) is 2.83. The van der Waals surface area contributed by atoms with Gasteiger partial charge in [-0.3, -0.25) is 0 Å². The molecule has 0 aromatic carbocycles. The van der Waals surface area contributed by atoms with E-state index >= 15 is 0 Å². The maximum Gasteiger partial charge on any atom is 0.0852 e. The molecule has 2 heteroatoms. The van der Waals surface area contributed by atoms with Gasteiger partial charge in [-0.15, -0.1) is 0 Å². The van der Waals surface area contributed by atoms with Crippen molar-refractivity contribution in [2.75, 3.05) is 6.61 Å². The van der Waals surface area contributed by atoms with E-state index < -0.39 is 5.60 Å². The number of hydrogen-bond acceptors (Lipinski definition) is 2. The van der Waals surface area contributed by atoms with Crippen LogP contribution in [0.2, 0.25) is 0 Å². The highest BCUT2D eigenvalue weighted by Crippen LogP contribution is 2.41. The topological polar surface area (TPSA) is 40.5 Å². The Balaban J connectivity index is 2.64. The lowest BCUT2D eigenvalue weighted by Crippen LogP contribution is -2.37. The van der Waals surface area contributed by atoms with Crippen molar-refractivity contribution in [3.05, 3.63) is 0 Å². The van der Waals surface area contributed by atoms with E-state index in [4.69, 9.17) is 5.11 Å². The fourth-order valence-corrected chi connectivity index (χ4v) is 3.26. The molecule has 1 fully saturated rings. The van der Waals surface area contributed by atoms with Gasteiger partial charge in [0.05, 0.1) is 12.2 Å². The molecular formula is C14H28O2. The van der Waals surface area contributed by atoms with Gasteiger partial charge in [0, 0.05) is 0 Å². The molecule has 0 saturated heterocycles. The van der Waals surface area contributed by atoms with Crippen LogP contribution in [0, 0.1) is 23.7 Å². The summed E-state index contributed by atoms with van der Waals surface area (Å²) in [5.74, 6) is 2.75. The average Bonchev–Trinajstić information content (AvgIpc) is 2.16. The summed E-state index contributed by atoms with van der Waals surface area (Å²) in [6.45, 7) is 8.49. The van der Waals surface area contributed by atoms with Gasteiger partial charge in [0.2, 0.25) is 0 Å². The summed E-state index contributed by atoms with van der Waals surface area (Å²) in [5.41, 5.74) is -0.894. The molecule has 1 rings (SSSR count). The van der Waals surface area contributed by atoms with Crippen molar-refractivity contribution in [3.8, 4) is 0 Å². The summed E-state index contributed by atoms with van der Waals surface area (Å²) in [6.07, 6.45) is 4.56. The van der Waals surface area contributed by atoms with E-state index in [1.165, 1.54) is 19.3 Å². The summed E-state index contributed by atoms with van der Waals surface area (Å²) >= 11 is 0. The van der Waals surface area contributed by atoms with Crippen LogP contribution in [0.25, 0.3) is 0 Å². The lowest BCUT2D eigenvalue weighted by atomic mass is 9.67. The zero-order valence-corrected chi connectivity index (χ0v) is 11.2. The Kier molecular flexibility index (Phi) is 4.81. The minimum absolute atomic E-state index is 0.122. The van der Waals surface area contributed by atoms with Crippen molar-refractivity contribution in [1.82, 2.24) is 0 Å². The first-order valence-electron chi connectivity index (χ1n) is 6.69. The van der Waals surface area contributed by atoms with Gasteiger partial charge < -0.3 is 10.2 Å². The van der Waals surface area contributed by atoms with Crippen LogP contribution in [-0.4, -0.2) is 22.4 Å². The first-order valence-corrected chi connectivity index (χ1v) is 6.69. The van der Waals surface area contributed by atoms with E-state index in [1.54, 1.807) is 6.92 Å². The van der Waals surface area contributed by atoms with Gasteiger partial charge in [0.1, 0.15) is 0 Å². The molecule has 1 saturated carbocycles. The largest absolute Gasteiger partial charge is 0.393 e. The Labute approximate surface area is 100 Å². The monoisotopic (exact) mass is 228 g/mol. The Morgan fingerprint density at radius 2 is 1.94 bits per heavy atom. The standard InChI is InChI=1S/C14H28O2/c1-10(2)13-6-5-11(3)7-12(13)8-14(4,16)9-15/h10-13,15-16H,5-9H2,1-4H3. The average molecular weight is 228 g/mol. The van der Waals surface area contributed by atoms with Crippen molar-refractivity contribution in [2.45, 2.75) is 59.0 Å². The van der Waals surface area contributed by atoms with Gasteiger partial charge in [0.25, 0.3) is 0 Å². The molecule has 0 spiro atoms. The van der Waals surface area contributed by atoms with Gasteiger partial charge in [-0.2, -0.15) is 0 Å². The molecular weight excluding hydrogens is 200 g/mol. The van der Waals surface area contributed by atoms with Crippen LogP contribution >= 0.6 is 0 Å². The summed E-state index contributed by atoms with van der Waals surface area (Å²) in [6, 6.07) is 0. The van der Waals surface area contributed by atoms with E-state index in [-0.39, 0.29) is 6.61 Å². The highest BCUT2D eigenvalue weighted by molar-refractivity contribution is 4.85. The second kappa shape index (κ2) is 5.50. The number of hydrogen-bond donors (Lipinski definition) is 2. The van der Waals surface area contributed by atoms with Crippen LogP contribution in [0.1, 0.15) is 53.4 Å². The third kappa shape index (κ3) is 3.74. The summed E-state index contributed by atoms with van der Waals surface area (Å²) in [5, 5.41) is 19.2. The van der Waals surface area contributed by atoms with E-state index in [0.717, 1.165) is 12.3 Å². The molecule has 4 unspecified atom stereocenters. The van der Waals surface area contributed by atoms with Crippen molar-refractivity contribution >= 4 is 0 Å². The lowest BCUT2D eigenvalue weighted by Gasteiger charge is -2.40. The maximum absolute atomic E-state index is 10.0. The van der Waals surface area contributed by atoms with Crippen LogP contribution in [0.4, 0.5) is 0 Å². The van der Waals surface area contributed by atoms with Gasteiger partial charge in [-0.05, 0) is 49.9 Å². The Bertz CT molecular complexity index is 211. The molecule has 16 heavy (non-hydrogen) atoms. The van der Waals surface area contributed by atoms with Crippen LogP contribution in [0.3, 0.4) is 0 Å². The van der Waals surface area contributed by atoms with E-state index in [0.29, 0.717) is 17.8 Å². The fraction of sp³-hybridized carbons (Fsp3) is 1.00. The normalized spacial score (nSPS) is 35.1. The van der Waals surface area contributed by atoms with E-state index in [9.17, 15) is 5.11 Å². The fourth-order valence-electron chi connectivity index (χ4n) is 3.26. The summed E-state index contributed by atoms with van der Waals surface area (Å²) in [4.78, 5) is 0. The zero-order chi connectivity index (χ0) is 12.3. The molecule has 0 aromatic heterocycles. The molecule has 1 aliphatic carbocycles. The van der Waals surface area contributed by atoms with Gasteiger partial charge in [-0.1, -0.05) is 27.2 Å². The highest BCUT2D eigenvalue weighted by Gasteiger charge is 2.35. The van der Waals surface area contributed by atoms with Crippen molar-refractivity contribution in [2.24, 2.45) is 23.7 Å². The smallest absolute Gasteiger partial charge is 0.0852 e. The quantitative estimate of drug-likeness (QED) is 0.777. The van der Waals surface area contributed by atoms with Crippen molar-refractivity contribution < 1.29 is 10.2 Å². The molecule has 0 aliphatic heterocycles. The SMILES string of the molecule is CC1CCC(C(C)C)C(CC(C)(O)CO)C1. The van der Waals surface area contributed by atoms with E-state index in [2.05, 4.69) is 20.8 Å². The number of aliphatic hydroxyl groups excluding tert-OH is 1. The molecule has 1 aliphatic rings. The second-order valence-electron chi connectivity index (χ2n) is 6.45. The molecule has 0 aromatic rings. The predicted molar refractivity (Wildman–Crippen MR) is 67.2 cm³/mol. The lowest BCUT2D eigenvalue weighted by molar-refractivity contribution is -0.0367. The van der Waals surface area contributed by atoms with Crippen molar-refractivity contribution in [3.63, 3.8) is 0 Å². The molecule has 0 bridgehead atoms. The minimum atomic E-state index is -0.894. The van der Waals surface area contributed by atoms with Gasteiger partial charge in [0.15, 0.2) is 0 Å². The van der Waals surface area contributed by atoms with Crippen molar-refractivity contribution in [1.29, 1.82) is 0 Å². The maximum atomic E-state index is 10.0. The first kappa shape index (κ1) is 14.0. The van der Waals surface area contributed by atoms with E-state index in [1.807, 2.05) is 0 Å². The highest BCUT2D eigenvalue weighted by atomic mass is 16.3. The van der Waals surface area contributed by atoms with Crippen LogP contribution in [0.15, 0.2) is 0 Å². The third-order valence-corrected chi connectivity index (χ3v) is 4.20. The molecule has 4 atom stereocenters. The van der Waals surface area contributed by atoms with Crippen LogP contribution in [-0.2, 0) is 0 Å². The summed E-state index contributed by atoms with van der Waals surface area (Å²) in [7, 11) is 0.